The number of halogens is 4. The van der Waals surface area contributed by atoms with Crippen molar-refractivity contribution in [2.24, 2.45) is 23.7 Å². The number of aryl methyl sites for hydroxylation is 1. The highest BCUT2D eigenvalue weighted by molar-refractivity contribution is 6.25. The lowest BCUT2D eigenvalue weighted by Gasteiger charge is -2.37. The molecule has 1 aromatic rings. The fraction of sp³-hybridized carbons (Fsp3) is 0.652. The SMILES string of the molecule is Fc1cc(CCC2CCC(C3CCC(C=CCl)CC3)CC2)ccc1OC(F)F. The summed E-state index contributed by atoms with van der Waals surface area (Å²) in [4.78, 5) is 0. The lowest BCUT2D eigenvalue weighted by atomic mass is 9.68. The summed E-state index contributed by atoms with van der Waals surface area (Å²) in [6.07, 6.45) is 14.3. The Bertz CT molecular complexity index is 633. The van der Waals surface area contributed by atoms with Crippen LogP contribution in [-0.4, -0.2) is 6.61 Å². The standard InChI is InChI=1S/C23H30ClF3O/c24-14-13-17-5-10-20(11-6-17)19-8-3-16(4-9-19)1-2-18-7-12-22(21(25)15-18)28-23(26)27/h7,12-17,19-20,23H,1-6,8-11H2. The molecule has 0 aromatic heterocycles. The van der Waals surface area contributed by atoms with Gasteiger partial charge in [-0.1, -0.05) is 36.6 Å². The van der Waals surface area contributed by atoms with E-state index in [0.717, 1.165) is 30.2 Å². The van der Waals surface area contributed by atoms with Crippen LogP contribution in [0.1, 0.15) is 63.4 Å². The van der Waals surface area contributed by atoms with Crippen LogP contribution in [-0.2, 0) is 6.42 Å². The van der Waals surface area contributed by atoms with E-state index in [1.807, 2.05) is 0 Å². The van der Waals surface area contributed by atoms with E-state index in [9.17, 15) is 13.2 Å². The molecule has 2 saturated carbocycles. The Morgan fingerprint density at radius 1 is 1.00 bits per heavy atom. The largest absolute Gasteiger partial charge is 0.432 e. The average Bonchev–Trinajstić information content (AvgIpc) is 2.69. The molecule has 0 bridgehead atoms. The van der Waals surface area contributed by atoms with Gasteiger partial charge >= 0.3 is 6.61 Å². The predicted octanol–water partition coefficient (Wildman–Crippen LogP) is 7.73. The van der Waals surface area contributed by atoms with Gasteiger partial charge in [-0.3, -0.25) is 0 Å². The summed E-state index contributed by atoms with van der Waals surface area (Å²) in [5, 5.41) is 0. The van der Waals surface area contributed by atoms with Crippen molar-refractivity contribution in [3.63, 3.8) is 0 Å². The maximum absolute atomic E-state index is 13.8. The number of allylic oxidation sites excluding steroid dienone is 1. The van der Waals surface area contributed by atoms with Crippen molar-refractivity contribution in [3.05, 3.63) is 41.2 Å². The third-order valence-electron chi connectivity index (χ3n) is 6.77. The summed E-state index contributed by atoms with van der Waals surface area (Å²) < 4.78 is 42.4. The molecule has 156 valence electrons. The lowest BCUT2D eigenvalue weighted by molar-refractivity contribution is -0.0522. The highest BCUT2D eigenvalue weighted by Crippen LogP contribution is 2.42. The van der Waals surface area contributed by atoms with Crippen molar-refractivity contribution in [3.8, 4) is 5.75 Å². The minimum atomic E-state index is -3.00. The number of hydrogen-bond donors (Lipinski definition) is 0. The van der Waals surface area contributed by atoms with Crippen molar-refractivity contribution >= 4 is 11.6 Å². The molecule has 28 heavy (non-hydrogen) atoms. The van der Waals surface area contributed by atoms with E-state index in [-0.39, 0.29) is 5.75 Å². The van der Waals surface area contributed by atoms with Crippen LogP contribution >= 0.6 is 11.6 Å². The predicted molar refractivity (Wildman–Crippen MR) is 107 cm³/mol. The molecule has 0 atom stereocenters. The molecular weight excluding hydrogens is 385 g/mol. The third kappa shape index (κ3) is 6.17. The van der Waals surface area contributed by atoms with E-state index in [0.29, 0.717) is 11.8 Å². The Kier molecular flexibility index (Phi) is 8.13. The minimum Gasteiger partial charge on any atom is -0.432 e. The Balaban J connectivity index is 1.39. The van der Waals surface area contributed by atoms with Gasteiger partial charge in [0.1, 0.15) is 0 Å². The van der Waals surface area contributed by atoms with Crippen LogP contribution in [0.5, 0.6) is 5.75 Å². The van der Waals surface area contributed by atoms with Gasteiger partial charge in [0.05, 0.1) is 0 Å². The van der Waals surface area contributed by atoms with Gasteiger partial charge < -0.3 is 4.74 Å². The number of rotatable bonds is 7. The fourth-order valence-corrected chi connectivity index (χ4v) is 5.33. The van der Waals surface area contributed by atoms with Gasteiger partial charge in [-0.15, -0.1) is 0 Å². The molecule has 0 heterocycles. The van der Waals surface area contributed by atoms with E-state index in [4.69, 9.17) is 11.6 Å². The highest BCUT2D eigenvalue weighted by Gasteiger charge is 2.30. The van der Waals surface area contributed by atoms with Crippen LogP contribution in [0, 0.1) is 29.5 Å². The van der Waals surface area contributed by atoms with Crippen molar-refractivity contribution in [2.75, 3.05) is 0 Å². The molecule has 5 heteroatoms. The van der Waals surface area contributed by atoms with Gasteiger partial charge in [0.2, 0.25) is 0 Å². The Hall–Kier alpha value is -1.16. The first-order chi connectivity index (χ1) is 13.5. The molecule has 2 fully saturated rings. The first-order valence-electron chi connectivity index (χ1n) is 10.5. The summed E-state index contributed by atoms with van der Waals surface area (Å²) in [7, 11) is 0. The molecule has 0 amide bonds. The molecule has 1 aromatic carbocycles. The van der Waals surface area contributed by atoms with Gasteiger partial charge in [-0.05, 0) is 92.7 Å². The van der Waals surface area contributed by atoms with Crippen LogP contribution in [0.25, 0.3) is 0 Å². The van der Waals surface area contributed by atoms with Gasteiger partial charge in [0.25, 0.3) is 0 Å². The van der Waals surface area contributed by atoms with Crippen molar-refractivity contribution in [2.45, 2.75) is 70.8 Å². The maximum Gasteiger partial charge on any atom is 0.387 e. The molecule has 2 aliphatic carbocycles. The van der Waals surface area contributed by atoms with Gasteiger partial charge in [0.15, 0.2) is 11.6 Å². The summed E-state index contributed by atoms with van der Waals surface area (Å²) in [6, 6.07) is 4.33. The fourth-order valence-electron chi connectivity index (χ4n) is 5.12. The van der Waals surface area contributed by atoms with E-state index in [1.165, 1.54) is 63.5 Å². The van der Waals surface area contributed by atoms with E-state index >= 15 is 0 Å². The molecular formula is C23H30ClF3O. The molecule has 0 N–H and O–H groups in total. The number of hydrogen-bond acceptors (Lipinski definition) is 1. The zero-order valence-electron chi connectivity index (χ0n) is 16.3. The first kappa shape index (κ1) is 21.5. The maximum atomic E-state index is 13.8. The molecule has 0 unspecified atom stereocenters. The molecule has 0 radical (unpaired) electrons. The number of alkyl halides is 2. The molecule has 3 rings (SSSR count). The first-order valence-corrected chi connectivity index (χ1v) is 11.0. The summed E-state index contributed by atoms with van der Waals surface area (Å²) >= 11 is 5.71. The number of ether oxygens (including phenoxy) is 1. The smallest absolute Gasteiger partial charge is 0.387 e. The van der Waals surface area contributed by atoms with Crippen LogP contribution < -0.4 is 4.74 Å². The van der Waals surface area contributed by atoms with Crippen molar-refractivity contribution < 1.29 is 17.9 Å². The van der Waals surface area contributed by atoms with Crippen LogP contribution in [0.15, 0.2) is 29.8 Å². The second-order valence-corrected chi connectivity index (χ2v) is 8.71. The van der Waals surface area contributed by atoms with Crippen molar-refractivity contribution in [1.29, 1.82) is 0 Å². The molecule has 0 saturated heterocycles. The quantitative estimate of drug-likeness (QED) is 0.443. The summed E-state index contributed by atoms with van der Waals surface area (Å²) in [5.74, 6) is 2.00. The molecule has 1 nitrogen and oxygen atoms in total. The summed E-state index contributed by atoms with van der Waals surface area (Å²) in [5.41, 5.74) is 2.52. The lowest BCUT2D eigenvalue weighted by Crippen LogP contribution is -2.25. The summed E-state index contributed by atoms with van der Waals surface area (Å²) in [6.45, 7) is -3.00. The normalized spacial score (nSPS) is 28.8. The average molecular weight is 415 g/mol. The van der Waals surface area contributed by atoms with Crippen LogP contribution in [0.3, 0.4) is 0 Å². The highest BCUT2D eigenvalue weighted by atomic mass is 35.5. The van der Waals surface area contributed by atoms with Gasteiger partial charge in [-0.25, -0.2) is 4.39 Å². The number of benzene rings is 1. The Labute approximate surface area is 171 Å². The van der Waals surface area contributed by atoms with Crippen molar-refractivity contribution in [1.82, 2.24) is 0 Å². The van der Waals surface area contributed by atoms with Crippen LogP contribution in [0.4, 0.5) is 13.2 Å². The third-order valence-corrected chi connectivity index (χ3v) is 6.92. The minimum absolute atomic E-state index is 0.379. The molecule has 0 spiro atoms. The molecule has 2 aliphatic rings. The van der Waals surface area contributed by atoms with E-state index in [2.05, 4.69) is 10.8 Å². The zero-order valence-corrected chi connectivity index (χ0v) is 17.0. The Morgan fingerprint density at radius 2 is 1.64 bits per heavy atom. The van der Waals surface area contributed by atoms with E-state index in [1.54, 1.807) is 11.6 Å². The van der Waals surface area contributed by atoms with Crippen LogP contribution in [0.2, 0.25) is 0 Å². The second-order valence-electron chi connectivity index (χ2n) is 8.46. The van der Waals surface area contributed by atoms with Gasteiger partial charge in [-0.2, -0.15) is 8.78 Å². The molecule has 0 aliphatic heterocycles. The van der Waals surface area contributed by atoms with E-state index < -0.39 is 12.4 Å². The zero-order chi connectivity index (χ0) is 19.9. The second kappa shape index (κ2) is 10.6. The Morgan fingerprint density at radius 3 is 2.21 bits per heavy atom. The topological polar surface area (TPSA) is 9.23 Å². The monoisotopic (exact) mass is 414 g/mol. The van der Waals surface area contributed by atoms with Gasteiger partial charge in [0, 0.05) is 5.54 Å².